The van der Waals surface area contributed by atoms with E-state index in [4.69, 9.17) is 0 Å². The zero-order valence-electron chi connectivity index (χ0n) is 14.0. The topological polar surface area (TPSA) is 66.3 Å². The molecule has 6 heteroatoms. The first-order valence-corrected chi connectivity index (χ1v) is 8.52. The van der Waals surface area contributed by atoms with Crippen molar-refractivity contribution >= 4 is 16.8 Å². The number of halogens is 1. The zero-order valence-corrected chi connectivity index (χ0v) is 14.0. The average molecular weight is 351 g/mol. The molecule has 26 heavy (non-hydrogen) atoms. The van der Waals surface area contributed by atoms with E-state index in [-0.39, 0.29) is 23.9 Å². The van der Waals surface area contributed by atoms with Crippen LogP contribution in [-0.4, -0.2) is 45.1 Å². The van der Waals surface area contributed by atoms with Gasteiger partial charge in [-0.3, -0.25) is 14.8 Å². The molecular weight excluding hydrogens is 333 g/mol. The molecule has 3 aromatic rings. The number of hydrogen-bond donors (Lipinski definition) is 1. The summed E-state index contributed by atoms with van der Waals surface area (Å²) in [6, 6.07) is 11.0. The fraction of sp³-hybridized carbons (Fsp3) is 0.250. The van der Waals surface area contributed by atoms with Crippen LogP contribution in [0.1, 0.15) is 15.9 Å². The number of amides is 1. The molecule has 2 atom stereocenters. The molecule has 0 bridgehead atoms. The zero-order chi connectivity index (χ0) is 18.1. The number of β-amino-alcohol motifs (C(OH)–C–C–N with tert-alkyl or cyclic N) is 1. The van der Waals surface area contributed by atoms with Crippen LogP contribution in [0.3, 0.4) is 0 Å². The summed E-state index contributed by atoms with van der Waals surface area (Å²) in [4.78, 5) is 22.2. The highest BCUT2D eigenvalue weighted by Gasteiger charge is 2.34. The lowest BCUT2D eigenvalue weighted by Crippen LogP contribution is -2.29. The number of benzene rings is 1. The Balaban J connectivity index is 1.53. The molecule has 1 fully saturated rings. The predicted molar refractivity (Wildman–Crippen MR) is 95.0 cm³/mol. The van der Waals surface area contributed by atoms with E-state index in [2.05, 4.69) is 9.97 Å². The summed E-state index contributed by atoms with van der Waals surface area (Å²) in [6.07, 6.45) is 4.21. The van der Waals surface area contributed by atoms with Crippen LogP contribution < -0.4 is 0 Å². The normalized spacial score (nSPS) is 19.8. The summed E-state index contributed by atoms with van der Waals surface area (Å²) >= 11 is 0. The van der Waals surface area contributed by atoms with Crippen molar-refractivity contribution in [1.29, 1.82) is 0 Å². The highest BCUT2D eigenvalue weighted by atomic mass is 19.1. The number of para-hydroxylation sites is 1. The van der Waals surface area contributed by atoms with Crippen LogP contribution in [0, 0.1) is 11.7 Å². The van der Waals surface area contributed by atoms with Crippen LogP contribution in [0.15, 0.2) is 55.0 Å². The third-order valence-corrected chi connectivity index (χ3v) is 4.87. The van der Waals surface area contributed by atoms with E-state index in [0.717, 1.165) is 22.7 Å². The summed E-state index contributed by atoms with van der Waals surface area (Å²) in [6.45, 7) is 0.663. The smallest absolute Gasteiger partial charge is 0.255 e. The molecule has 4 rings (SSSR count). The summed E-state index contributed by atoms with van der Waals surface area (Å²) in [5, 5.41) is 11.5. The van der Waals surface area contributed by atoms with Crippen molar-refractivity contribution in [3.8, 4) is 0 Å². The Hall–Kier alpha value is -2.86. The molecule has 0 radical (unpaired) electrons. The minimum absolute atomic E-state index is 0.0775. The minimum atomic E-state index is -0.618. The molecule has 1 amide bonds. The van der Waals surface area contributed by atoms with Gasteiger partial charge in [0.2, 0.25) is 0 Å². The van der Waals surface area contributed by atoms with Crippen molar-refractivity contribution in [2.75, 3.05) is 13.1 Å². The van der Waals surface area contributed by atoms with E-state index in [1.54, 1.807) is 11.1 Å². The number of aromatic nitrogens is 2. The van der Waals surface area contributed by atoms with Gasteiger partial charge < -0.3 is 10.0 Å². The predicted octanol–water partition coefficient (Wildman–Crippen LogP) is 2.44. The first-order valence-electron chi connectivity index (χ1n) is 8.52. The number of hydrogen-bond acceptors (Lipinski definition) is 4. The van der Waals surface area contributed by atoms with E-state index in [1.165, 1.54) is 12.3 Å². The van der Waals surface area contributed by atoms with Gasteiger partial charge in [-0.1, -0.05) is 18.2 Å². The second-order valence-corrected chi connectivity index (χ2v) is 6.62. The molecule has 1 aliphatic heterocycles. The Kier molecular flexibility index (Phi) is 4.34. The third-order valence-electron chi connectivity index (χ3n) is 4.87. The Bertz CT molecular complexity index is 957. The molecule has 2 aromatic heterocycles. The number of pyridine rings is 2. The largest absolute Gasteiger partial charge is 0.391 e. The van der Waals surface area contributed by atoms with Crippen LogP contribution in [-0.2, 0) is 6.42 Å². The fourth-order valence-corrected chi connectivity index (χ4v) is 3.55. The Labute approximate surface area is 150 Å². The van der Waals surface area contributed by atoms with Crippen molar-refractivity contribution in [2.45, 2.75) is 12.5 Å². The summed E-state index contributed by atoms with van der Waals surface area (Å²) in [5.41, 5.74) is 2.21. The third kappa shape index (κ3) is 3.15. The first kappa shape index (κ1) is 16.6. The van der Waals surface area contributed by atoms with Crippen LogP contribution in [0.25, 0.3) is 10.9 Å². The molecule has 1 saturated heterocycles. The summed E-state index contributed by atoms with van der Waals surface area (Å²) in [5.74, 6) is -0.931. The molecule has 5 nitrogen and oxygen atoms in total. The number of nitrogens with zero attached hydrogens (tertiary/aromatic N) is 3. The molecule has 1 N–H and O–H groups in total. The molecule has 1 aromatic carbocycles. The maximum atomic E-state index is 13.3. The van der Waals surface area contributed by atoms with Crippen molar-refractivity contribution in [2.24, 2.45) is 5.92 Å². The first-order chi connectivity index (χ1) is 12.6. The molecule has 0 spiro atoms. The number of likely N-dealkylation sites (tertiary alicyclic amines) is 1. The standard InChI is InChI=1S/C20H18FN3O2/c21-16-8-14(9-22-10-16)20(26)24-11-15(19(25)12-24)7-13-5-6-23-18-4-2-1-3-17(13)18/h1-6,8-10,15,19,25H,7,11-12H2/t15-,19-/m1/s1. The molecule has 132 valence electrons. The van der Waals surface area contributed by atoms with E-state index >= 15 is 0 Å². The van der Waals surface area contributed by atoms with Gasteiger partial charge in [0.05, 0.1) is 23.4 Å². The Morgan fingerprint density at radius 1 is 1.23 bits per heavy atom. The fourth-order valence-electron chi connectivity index (χ4n) is 3.55. The van der Waals surface area contributed by atoms with Gasteiger partial charge in [-0.15, -0.1) is 0 Å². The van der Waals surface area contributed by atoms with E-state index in [0.29, 0.717) is 13.0 Å². The highest BCUT2D eigenvalue weighted by Crippen LogP contribution is 2.26. The van der Waals surface area contributed by atoms with Gasteiger partial charge in [-0.05, 0) is 30.2 Å². The highest BCUT2D eigenvalue weighted by molar-refractivity contribution is 5.94. The maximum absolute atomic E-state index is 13.3. The second-order valence-electron chi connectivity index (χ2n) is 6.62. The Morgan fingerprint density at radius 3 is 2.92 bits per heavy atom. The number of aliphatic hydroxyl groups excluding tert-OH is 1. The van der Waals surface area contributed by atoms with Gasteiger partial charge in [-0.25, -0.2) is 4.39 Å². The van der Waals surface area contributed by atoms with Gasteiger partial charge in [0.15, 0.2) is 0 Å². The molecule has 0 aliphatic carbocycles. The monoisotopic (exact) mass is 351 g/mol. The molecular formula is C20H18FN3O2. The van der Waals surface area contributed by atoms with Gasteiger partial charge in [0, 0.05) is 36.8 Å². The number of fused-ring (bicyclic) bond motifs is 1. The maximum Gasteiger partial charge on any atom is 0.255 e. The molecule has 0 saturated carbocycles. The molecule has 0 unspecified atom stereocenters. The minimum Gasteiger partial charge on any atom is -0.391 e. The molecule has 1 aliphatic rings. The van der Waals surface area contributed by atoms with Crippen LogP contribution in [0.4, 0.5) is 4.39 Å². The lowest BCUT2D eigenvalue weighted by molar-refractivity contribution is 0.0763. The number of rotatable bonds is 3. The number of carbonyl (C=O) groups excluding carboxylic acids is 1. The molecule has 3 heterocycles. The van der Waals surface area contributed by atoms with Crippen LogP contribution >= 0.6 is 0 Å². The second kappa shape index (κ2) is 6.80. The van der Waals surface area contributed by atoms with E-state index in [1.807, 2.05) is 30.3 Å². The summed E-state index contributed by atoms with van der Waals surface area (Å²) < 4.78 is 13.3. The van der Waals surface area contributed by atoms with Crippen molar-refractivity contribution in [3.63, 3.8) is 0 Å². The quantitative estimate of drug-likeness (QED) is 0.787. The van der Waals surface area contributed by atoms with Crippen LogP contribution in [0.2, 0.25) is 0 Å². The van der Waals surface area contributed by atoms with Crippen molar-refractivity contribution < 1.29 is 14.3 Å². The van der Waals surface area contributed by atoms with Gasteiger partial charge in [0.1, 0.15) is 5.82 Å². The van der Waals surface area contributed by atoms with Gasteiger partial charge in [0.25, 0.3) is 5.91 Å². The Morgan fingerprint density at radius 2 is 2.08 bits per heavy atom. The van der Waals surface area contributed by atoms with Gasteiger partial charge >= 0.3 is 0 Å². The van der Waals surface area contributed by atoms with Gasteiger partial charge in [-0.2, -0.15) is 0 Å². The lowest BCUT2D eigenvalue weighted by atomic mass is 9.94. The number of aliphatic hydroxyl groups is 1. The lowest BCUT2D eigenvalue weighted by Gasteiger charge is -2.16. The van der Waals surface area contributed by atoms with E-state index < -0.39 is 11.9 Å². The van der Waals surface area contributed by atoms with E-state index in [9.17, 15) is 14.3 Å². The van der Waals surface area contributed by atoms with Crippen molar-refractivity contribution in [1.82, 2.24) is 14.9 Å². The average Bonchev–Trinajstić information content (AvgIpc) is 3.02. The SMILES string of the molecule is O=C(c1cncc(F)c1)N1C[C@@H](Cc2ccnc3ccccc23)[C@H](O)C1. The number of carbonyl (C=O) groups is 1. The van der Waals surface area contributed by atoms with Crippen molar-refractivity contribution in [3.05, 3.63) is 71.9 Å². The van der Waals surface area contributed by atoms with Crippen LogP contribution in [0.5, 0.6) is 0 Å². The summed E-state index contributed by atoms with van der Waals surface area (Å²) in [7, 11) is 0.